The second-order valence-electron chi connectivity index (χ2n) is 4.82. The third kappa shape index (κ3) is 3.81. The number of nitrogens with zero attached hydrogens (tertiary/aromatic N) is 2. The van der Waals surface area contributed by atoms with E-state index in [-0.39, 0.29) is 0 Å². The molecule has 0 spiro atoms. The van der Waals surface area contributed by atoms with E-state index in [1.165, 1.54) is 11.3 Å². The maximum atomic E-state index is 4.33. The summed E-state index contributed by atoms with van der Waals surface area (Å²) in [5.74, 6) is 0. The van der Waals surface area contributed by atoms with E-state index in [2.05, 4.69) is 75.6 Å². The van der Waals surface area contributed by atoms with Gasteiger partial charge in [0.05, 0.1) is 17.7 Å². The van der Waals surface area contributed by atoms with Crippen LogP contribution in [-0.2, 0) is 6.54 Å². The van der Waals surface area contributed by atoms with Crippen molar-refractivity contribution in [1.29, 1.82) is 0 Å². The van der Waals surface area contributed by atoms with Crippen molar-refractivity contribution < 1.29 is 0 Å². The molecule has 0 fully saturated rings. The molecule has 5 heteroatoms. The van der Waals surface area contributed by atoms with E-state index >= 15 is 0 Å². The highest BCUT2D eigenvalue weighted by atomic mass is 79.9. The van der Waals surface area contributed by atoms with E-state index in [0.717, 1.165) is 23.3 Å². The first kappa shape index (κ1) is 15.5. The fraction of sp³-hybridized carbons (Fsp3) is 0.400. The van der Waals surface area contributed by atoms with Gasteiger partial charge in [-0.15, -0.1) is 11.3 Å². The Hall–Kier alpha value is -0.910. The van der Waals surface area contributed by atoms with Crippen LogP contribution in [0.1, 0.15) is 31.1 Å². The standard InChI is InChI=1S/C15H20BrN3S/c1-4-17-11(2)14-6-5-13(7-15(14)16)19(3)8-12-9-20-10-18-12/h5-7,9-11,17H,4,8H2,1-3H3. The van der Waals surface area contributed by atoms with Gasteiger partial charge in [-0.2, -0.15) is 0 Å². The molecule has 1 N–H and O–H groups in total. The molecule has 0 aliphatic heterocycles. The topological polar surface area (TPSA) is 28.2 Å². The summed E-state index contributed by atoms with van der Waals surface area (Å²) < 4.78 is 1.15. The van der Waals surface area contributed by atoms with Crippen molar-refractivity contribution in [3.05, 3.63) is 44.8 Å². The Balaban J connectivity index is 2.11. The quantitative estimate of drug-likeness (QED) is 0.842. The number of benzene rings is 1. The van der Waals surface area contributed by atoms with Crippen molar-refractivity contribution in [2.75, 3.05) is 18.5 Å². The molecule has 2 aromatic rings. The van der Waals surface area contributed by atoms with Gasteiger partial charge in [0.15, 0.2) is 0 Å². The summed E-state index contributed by atoms with van der Waals surface area (Å²) >= 11 is 5.32. The number of thiazole rings is 1. The lowest BCUT2D eigenvalue weighted by molar-refractivity contribution is 0.596. The molecular formula is C15H20BrN3S. The van der Waals surface area contributed by atoms with Crippen molar-refractivity contribution in [3.8, 4) is 0 Å². The van der Waals surface area contributed by atoms with E-state index in [1.807, 2.05) is 5.51 Å². The van der Waals surface area contributed by atoms with Gasteiger partial charge in [0.2, 0.25) is 0 Å². The van der Waals surface area contributed by atoms with Crippen LogP contribution in [0.5, 0.6) is 0 Å². The fourth-order valence-electron chi connectivity index (χ4n) is 2.17. The minimum atomic E-state index is 0.354. The molecule has 0 saturated carbocycles. The van der Waals surface area contributed by atoms with Crippen LogP contribution in [0, 0.1) is 0 Å². The number of halogens is 1. The first-order valence-corrected chi connectivity index (χ1v) is 8.46. The zero-order valence-electron chi connectivity index (χ0n) is 12.1. The van der Waals surface area contributed by atoms with Crippen LogP contribution in [0.2, 0.25) is 0 Å². The maximum absolute atomic E-state index is 4.33. The maximum Gasteiger partial charge on any atom is 0.0795 e. The Morgan fingerprint density at radius 2 is 2.25 bits per heavy atom. The first-order chi connectivity index (χ1) is 9.61. The molecule has 1 heterocycles. The molecule has 0 aliphatic carbocycles. The molecule has 20 heavy (non-hydrogen) atoms. The molecule has 2 rings (SSSR count). The number of aromatic nitrogens is 1. The average Bonchev–Trinajstić information content (AvgIpc) is 2.91. The lowest BCUT2D eigenvalue weighted by atomic mass is 10.1. The predicted molar refractivity (Wildman–Crippen MR) is 90.5 cm³/mol. The third-order valence-electron chi connectivity index (χ3n) is 3.28. The smallest absolute Gasteiger partial charge is 0.0795 e. The Morgan fingerprint density at radius 1 is 1.45 bits per heavy atom. The average molecular weight is 354 g/mol. The van der Waals surface area contributed by atoms with Crippen LogP contribution in [0.3, 0.4) is 0 Å². The zero-order valence-corrected chi connectivity index (χ0v) is 14.5. The highest BCUT2D eigenvalue weighted by Crippen LogP contribution is 2.28. The summed E-state index contributed by atoms with van der Waals surface area (Å²) in [5.41, 5.74) is 5.47. The molecule has 1 aromatic heterocycles. The zero-order chi connectivity index (χ0) is 14.5. The van der Waals surface area contributed by atoms with Crippen LogP contribution < -0.4 is 10.2 Å². The van der Waals surface area contributed by atoms with Crippen molar-refractivity contribution in [2.24, 2.45) is 0 Å². The molecule has 108 valence electrons. The van der Waals surface area contributed by atoms with Crippen LogP contribution >= 0.6 is 27.3 Å². The number of hydrogen-bond acceptors (Lipinski definition) is 4. The normalized spacial score (nSPS) is 12.4. The van der Waals surface area contributed by atoms with Gasteiger partial charge < -0.3 is 10.2 Å². The summed E-state index contributed by atoms with van der Waals surface area (Å²) in [6, 6.07) is 6.88. The largest absolute Gasteiger partial charge is 0.369 e. The molecule has 0 radical (unpaired) electrons. The summed E-state index contributed by atoms with van der Waals surface area (Å²) in [5, 5.41) is 5.53. The van der Waals surface area contributed by atoms with Gasteiger partial charge in [-0.05, 0) is 31.2 Å². The Morgan fingerprint density at radius 3 is 2.85 bits per heavy atom. The number of hydrogen-bond donors (Lipinski definition) is 1. The summed E-state index contributed by atoms with van der Waals surface area (Å²) in [6.45, 7) is 6.11. The molecular weight excluding hydrogens is 334 g/mol. The summed E-state index contributed by atoms with van der Waals surface area (Å²) in [4.78, 5) is 6.54. The number of nitrogens with one attached hydrogen (secondary N) is 1. The SMILES string of the molecule is CCNC(C)c1ccc(N(C)Cc2cscn2)cc1Br. The van der Waals surface area contributed by atoms with Gasteiger partial charge >= 0.3 is 0 Å². The van der Waals surface area contributed by atoms with Crippen LogP contribution in [-0.4, -0.2) is 18.6 Å². The van der Waals surface area contributed by atoms with E-state index in [9.17, 15) is 0 Å². The van der Waals surface area contributed by atoms with E-state index < -0.39 is 0 Å². The lowest BCUT2D eigenvalue weighted by Gasteiger charge is -2.21. The van der Waals surface area contributed by atoms with Gasteiger partial charge in [0.1, 0.15) is 0 Å². The predicted octanol–water partition coefficient (Wildman–Crippen LogP) is 4.21. The van der Waals surface area contributed by atoms with Crippen molar-refractivity contribution in [1.82, 2.24) is 10.3 Å². The molecule has 0 aliphatic rings. The Bertz CT molecular complexity index is 542. The molecule has 1 unspecified atom stereocenters. The minimum absolute atomic E-state index is 0.354. The van der Waals surface area contributed by atoms with Gasteiger partial charge in [-0.3, -0.25) is 0 Å². The van der Waals surface area contributed by atoms with Gasteiger partial charge in [-0.1, -0.05) is 28.9 Å². The lowest BCUT2D eigenvalue weighted by Crippen LogP contribution is -2.19. The van der Waals surface area contributed by atoms with E-state index in [4.69, 9.17) is 0 Å². The van der Waals surface area contributed by atoms with Gasteiger partial charge in [0, 0.05) is 28.6 Å². The molecule has 0 saturated heterocycles. The van der Waals surface area contributed by atoms with Crippen molar-refractivity contribution in [3.63, 3.8) is 0 Å². The fourth-order valence-corrected chi connectivity index (χ4v) is 3.43. The van der Waals surface area contributed by atoms with Gasteiger partial charge in [-0.25, -0.2) is 4.98 Å². The second kappa shape index (κ2) is 7.20. The highest BCUT2D eigenvalue weighted by Gasteiger charge is 2.11. The Labute approximate surface area is 133 Å². The van der Waals surface area contributed by atoms with Crippen molar-refractivity contribution in [2.45, 2.75) is 26.4 Å². The molecule has 1 atom stereocenters. The summed E-state index contributed by atoms with van der Waals surface area (Å²) in [7, 11) is 2.09. The van der Waals surface area contributed by atoms with E-state index in [0.29, 0.717) is 6.04 Å². The molecule has 0 bridgehead atoms. The summed E-state index contributed by atoms with van der Waals surface area (Å²) in [6.07, 6.45) is 0. The Kier molecular flexibility index (Phi) is 5.57. The van der Waals surface area contributed by atoms with Crippen LogP contribution in [0.15, 0.2) is 33.6 Å². The van der Waals surface area contributed by atoms with Crippen LogP contribution in [0.25, 0.3) is 0 Å². The van der Waals surface area contributed by atoms with Crippen LogP contribution in [0.4, 0.5) is 5.69 Å². The third-order valence-corrected chi connectivity index (χ3v) is 4.61. The molecule has 0 amide bonds. The molecule has 3 nitrogen and oxygen atoms in total. The number of anilines is 1. The molecule has 1 aromatic carbocycles. The minimum Gasteiger partial charge on any atom is -0.369 e. The second-order valence-corrected chi connectivity index (χ2v) is 6.39. The highest BCUT2D eigenvalue weighted by molar-refractivity contribution is 9.10. The van der Waals surface area contributed by atoms with Crippen molar-refractivity contribution >= 4 is 33.0 Å². The monoisotopic (exact) mass is 353 g/mol. The number of rotatable bonds is 6. The first-order valence-electron chi connectivity index (χ1n) is 6.72. The van der Waals surface area contributed by atoms with E-state index in [1.54, 1.807) is 11.3 Å². The van der Waals surface area contributed by atoms with Gasteiger partial charge in [0.25, 0.3) is 0 Å².